The second kappa shape index (κ2) is 10.1. The van der Waals surface area contributed by atoms with Crippen LogP contribution in [0, 0.1) is 13.8 Å². The number of nitrogens with zero attached hydrogens (tertiary/aromatic N) is 4. The number of hydrogen-bond donors (Lipinski definition) is 1. The maximum Gasteiger partial charge on any atom is 0.257 e. The third-order valence-electron chi connectivity index (χ3n) is 4.46. The Morgan fingerprint density at radius 2 is 2.03 bits per heavy atom. The van der Waals surface area contributed by atoms with Crippen molar-refractivity contribution in [3.63, 3.8) is 0 Å². The topological polar surface area (TPSA) is 101 Å². The average molecular weight is 440 g/mol. The summed E-state index contributed by atoms with van der Waals surface area (Å²) in [5.41, 5.74) is 0.634. The van der Waals surface area contributed by atoms with E-state index in [2.05, 4.69) is 20.4 Å². The van der Waals surface area contributed by atoms with Gasteiger partial charge in [-0.1, -0.05) is 23.1 Å². The van der Waals surface area contributed by atoms with Crippen LogP contribution in [0.2, 0.25) is 0 Å². The second-order valence-electron chi connectivity index (χ2n) is 6.59. The molecule has 2 aromatic rings. The normalized spacial score (nSPS) is 14.3. The zero-order valence-electron chi connectivity index (χ0n) is 16.8. The molecule has 3 rings (SSSR count). The van der Waals surface area contributed by atoms with E-state index in [0.717, 1.165) is 15.2 Å². The van der Waals surface area contributed by atoms with Gasteiger partial charge in [0.1, 0.15) is 11.5 Å². The van der Waals surface area contributed by atoms with Crippen LogP contribution in [0.3, 0.4) is 0 Å². The fourth-order valence-corrected chi connectivity index (χ4v) is 4.70. The summed E-state index contributed by atoms with van der Waals surface area (Å²) < 4.78 is 11.1. The van der Waals surface area contributed by atoms with Gasteiger partial charge in [-0.2, -0.15) is 0 Å². The lowest BCUT2D eigenvalue weighted by Crippen LogP contribution is -2.48. The van der Waals surface area contributed by atoms with Crippen LogP contribution in [-0.2, 0) is 9.53 Å². The lowest BCUT2D eigenvalue weighted by atomic mass is 10.2. The van der Waals surface area contributed by atoms with E-state index in [1.165, 1.54) is 23.1 Å². The maximum absolute atomic E-state index is 12.7. The van der Waals surface area contributed by atoms with Crippen LogP contribution in [-0.4, -0.2) is 79.1 Å². The standard InChI is InChI=1S/C18H25N5O4S2/c1-12-10-14(13(2)27-12)16(25)22-5-7-23(8-6-22)17-20-21-18(29-17)28-11-15(24)19-4-9-26-3/h10H,4-9,11H2,1-3H3,(H,19,24). The minimum Gasteiger partial charge on any atom is -0.466 e. The fraction of sp³-hybridized carbons (Fsp3) is 0.556. The van der Waals surface area contributed by atoms with Crippen LogP contribution < -0.4 is 10.2 Å². The number of ether oxygens (including phenoxy) is 1. The van der Waals surface area contributed by atoms with Crippen LogP contribution >= 0.6 is 23.1 Å². The summed E-state index contributed by atoms with van der Waals surface area (Å²) in [4.78, 5) is 28.4. The summed E-state index contributed by atoms with van der Waals surface area (Å²) in [7, 11) is 1.60. The Labute approximate surface area is 177 Å². The highest BCUT2D eigenvalue weighted by Gasteiger charge is 2.26. The number of piperazine rings is 1. The first kappa shape index (κ1) is 21.6. The molecule has 1 fully saturated rings. The number of hydrogen-bond acceptors (Lipinski definition) is 9. The number of amides is 2. The Hall–Kier alpha value is -2.11. The number of rotatable bonds is 8. The largest absolute Gasteiger partial charge is 0.466 e. The molecule has 0 atom stereocenters. The zero-order valence-corrected chi connectivity index (χ0v) is 18.4. The monoisotopic (exact) mass is 439 g/mol. The molecule has 0 spiro atoms. The van der Waals surface area contributed by atoms with Gasteiger partial charge in [-0.3, -0.25) is 9.59 Å². The van der Waals surface area contributed by atoms with Crippen molar-refractivity contribution in [3.8, 4) is 0 Å². The first-order valence-electron chi connectivity index (χ1n) is 9.31. The van der Waals surface area contributed by atoms with E-state index in [9.17, 15) is 9.59 Å². The average Bonchev–Trinajstić information content (AvgIpc) is 3.32. The predicted molar refractivity (Wildman–Crippen MR) is 112 cm³/mol. The quantitative estimate of drug-likeness (QED) is 0.489. The number of furan rings is 1. The third-order valence-corrected chi connectivity index (χ3v) is 6.58. The maximum atomic E-state index is 12.7. The van der Waals surface area contributed by atoms with E-state index in [1.807, 2.05) is 18.7 Å². The van der Waals surface area contributed by atoms with E-state index >= 15 is 0 Å². The molecule has 1 aliphatic rings. The minimum atomic E-state index is -0.0549. The van der Waals surface area contributed by atoms with Gasteiger partial charge >= 0.3 is 0 Å². The number of nitrogens with one attached hydrogen (secondary N) is 1. The van der Waals surface area contributed by atoms with E-state index in [-0.39, 0.29) is 11.8 Å². The van der Waals surface area contributed by atoms with Gasteiger partial charge in [0.15, 0.2) is 4.34 Å². The molecular formula is C18H25N5O4S2. The molecule has 0 aromatic carbocycles. The number of aryl methyl sites for hydroxylation is 2. The van der Waals surface area contributed by atoms with Crippen LogP contribution in [0.5, 0.6) is 0 Å². The molecule has 0 bridgehead atoms. The molecule has 158 valence electrons. The van der Waals surface area contributed by atoms with Crippen molar-refractivity contribution in [3.05, 3.63) is 23.2 Å². The van der Waals surface area contributed by atoms with Gasteiger partial charge in [0.2, 0.25) is 11.0 Å². The molecule has 3 heterocycles. The second-order valence-corrected chi connectivity index (χ2v) is 8.77. The first-order chi connectivity index (χ1) is 14.0. The molecule has 2 amide bonds. The predicted octanol–water partition coefficient (Wildman–Crippen LogP) is 1.57. The number of methoxy groups -OCH3 is 1. The van der Waals surface area contributed by atoms with Crippen LogP contribution in [0.4, 0.5) is 5.13 Å². The van der Waals surface area contributed by atoms with Gasteiger partial charge in [-0.25, -0.2) is 0 Å². The Morgan fingerprint density at radius 1 is 1.28 bits per heavy atom. The summed E-state index contributed by atoms with van der Waals surface area (Å²) in [6, 6.07) is 1.80. The van der Waals surface area contributed by atoms with E-state index < -0.39 is 0 Å². The number of carbonyl (C=O) groups excluding carboxylic acids is 2. The molecule has 29 heavy (non-hydrogen) atoms. The summed E-state index contributed by atoms with van der Waals surface area (Å²) in [5, 5.41) is 12.0. The first-order valence-corrected chi connectivity index (χ1v) is 11.1. The van der Waals surface area contributed by atoms with Crippen molar-refractivity contribution >= 4 is 40.0 Å². The highest BCUT2D eigenvalue weighted by molar-refractivity contribution is 8.01. The molecule has 0 unspecified atom stereocenters. The fourth-order valence-electron chi connectivity index (χ4n) is 2.97. The molecule has 9 nitrogen and oxygen atoms in total. The molecule has 1 aliphatic heterocycles. The molecule has 11 heteroatoms. The highest BCUT2D eigenvalue weighted by Crippen LogP contribution is 2.28. The Morgan fingerprint density at radius 3 is 2.69 bits per heavy atom. The summed E-state index contributed by atoms with van der Waals surface area (Å²) in [6.45, 7) is 7.27. The van der Waals surface area contributed by atoms with Crippen molar-refractivity contribution < 1.29 is 18.7 Å². The van der Waals surface area contributed by atoms with E-state index in [1.54, 1.807) is 13.2 Å². The van der Waals surface area contributed by atoms with E-state index in [0.29, 0.717) is 56.4 Å². The lowest BCUT2D eigenvalue weighted by Gasteiger charge is -2.34. The lowest BCUT2D eigenvalue weighted by molar-refractivity contribution is -0.118. The molecule has 1 saturated heterocycles. The molecular weight excluding hydrogens is 414 g/mol. The Bertz CT molecular complexity index is 845. The summed E-state index contributed by atoms with van der Waals surface area (Å²) in [6.07, 6.45) is 0. The molecule has 0 saturated carbocycles. The molecule has 0 radical (unpaired) electrons. The molecule has 2 aromatic heterocycles. The SMILES string of the molecule is COCCNC(=O)CSc1nnc(N2CCN(C(=O)c3cc(C)oc3C)CC2)s1. The number of aromatic nitrogens is 2. The smallest absolute Gasteiger partial charge is 0.257 e. The van der Waals surface area contributed by atoms with Crippen LogP contribution in [0.1, 0.15) is 21.9 Å². The third kappa shape index (κ3) is 5.71. The molecule has 1 N–H and O–H groups in total. The number of carbonyl (C=O) groups is 2. The Balaban J connectivity index is 1.47. The Kier molecular flexibility index (Phi) is 7.51. The van der Waals surface area contributed by atoms with Crippen molar-refractivity contribution in [2.24, 2.45) is 0 Å². The van der Waals surface area contributed by atoms with Crippen LogP contribution in [0.15, 0.2) is 14.8 Å². The van der Waals surface area contributed by atoms with Crippen molar-refractivity contribution in [2.45, 2.75) is 18.2 Å². The zero-order chi connectivity index (χ0) is 20.8. The van der Waals surface area contributed by atoms with Gasteiger partial charge in [-0.15, -0.1) is 10.2 Å². The van der Waals surface area contributed by atoms with Crippen molar-refractivity contribution in [1.29, 1.82) is 0 Å². The highest BCUT2D eigenvalue weighted by atomic mass is 32.2. The van der Waals surface area contributed by atoms with Crippen molar-refractivity contribution in [2.75, 3.05) is 57.1 Å². The minimum absolute atomic E-state index is 0.00648. The van der Waals surface area contributed by atoms with Gasteiger partial charge < -0.3 is 24.3 Å². The number of anilines is 1. The molecule has 0 aliphatic carbocycles. The van der Waals surface area contributed by atoms with Gasteiger partial charge in [0.05, 0.1) is 17.9 Å². The summed E-state index contributed by atoms with van der Waals surface area (Å²) in [5.74, 6) is 1.65. The van der Waals surface area contributed by atoms with E-state index in [4.69, 9.17) is 9.15 Å². The van der Waals surface area contributed by atoms with Crippen LogP contribution in [0.25, 0.3) is 0 Å². The van der Waals surface area contributed by atoms with Gasteiger partial charge in [-0.05, 0) is 19.9 Å². The van der Waals surface area contributed by atoms with Gasteiger partial charge in [0.25, 0.3) is 5.91 Å². The van der Waals surface area contributed by atoms with Gasteiger partial charge in [0, 0.05) is 39.8 Å². The summed E-state index contributed by atoms with van der Waals surface area (Å²) >= 11 is 2.83. The number of thioether (sulfide) groups is 1. The van der Waals surface area contributed by atoms with Crippen molar-refractivity contribution in [1.82, 2.24) is 20.4 Å².